The maximum absolute atomic E-state index is 11.6. The summed E-state index contributed by atoms with van der Waals surface area (Å²) in [6.45, 7) is -0.0920. The fourth-order valence-electron chi connectivity index (χ4n) is 1.57. The minimum atomic E-state index is -0.320. The molecule has 0 heterocycles. The molecule has 0 bridgehead atoms. The topological polar surface area (TPSA) is 49.3 Å². The molecule has 1 unspecified atom stereocenters. The molecule has 1 rings (SSSR count). The Morgan fingerprint density at radius 2 is 2.00 bits per heavy atom. The van der Waals surface area contributed by atoms with Crippen molar-refractivity contribution in [3.63, 3.8) is 0 Å². The zero-order chi connectivity index (χ0) is 12.5. The van der Waals surface area contributed by atoms with Crippen molar-refractivity contribution in [1.29, 1.82) is 0 Å². The number of benzene rings is 1. The Morgan fingerprint density at radius 1 is 1.29 bits per heavy atom. The minimum absolute atomic E-state index is 0.0435. The lowest BCUT2D eigenvalue weighted by Crippen LogP contribution is -2.30. The number of unbranched alkanes of at least 4 members (excludes halogenated alkanes) is 1. The van der Waals surface area contributed by atoms with Gasteiger partial charge >= 0.3 is 0 Å². The van der Waals surface area contributed by atoms with Crippen LogP contribution in [0.2, 0.25) is 0 Å². The van der Waals surface area contributed by atoms with Gasteiger partial charge in [0.15, 0.2) is 0 Å². The van der Waals surface area contributed by atoms with Crippen LogP contribution in [0.25, 0.3) is 0 Å². The summed E-state index contributed by atoms with van der Waals surface area (Å²) in [7, 11) is 0. The molecule has 0 spiro atoms. The van der Waals surface area contributed by atoms with Crippen molar-refractivity contribution in [2.75, 3.05) is 12.5 Å². The Balaban J connectivity index is 2.44. The number of rotatable bonds is 7. The molecule has 0 aliphatic heterocycles. The van der Waals surface area contributed by atoms with E-state index in [0.717, 1.165) is 18.4 Å². The Hall–Kier alpha value is -1.06. The smallest absolute Gasteiger partial charge is 0.220 e. The molecule has 1 amide bonds. The first kappa shape index (κ1) is 14.0. The zero-order valence-corrected chi connectivity index (χ0v) is 10.5. The van der Waals surface area contributed by atoms with Crippen molar-refractivity contribution in [2.24, 2.45) is 0 Å². The van der Waals surface area contributed by atoms with E-state index in [1.54, 1.807) is 0 Å². The third kappa shape index (κ3) is 5.20. The lowest BCUT2D eigenvalue weighted by molar-refractivity contribution is -0.122. The Bertz CT molecular complexity index is 329. The Morgan fingerprint density at radius 3 is 2.59 bits per heavy atom. The summed E-state index contributed by atoms with van der Waals surface area (Å²) in [5.74, 6) is 0.535. The van der Waals surface area contributed by atoms with Crippen LogP contribution in [0.15, 0.2) is 30.3 Å². The predicted molar refractivity (Wildman–Crippen MR) is 69.0 cm³/mol. The van der Waals surface area contributed by atoms with Crippen LogP contribution in [-0.2, 0) is 4.79 Å². The molecule has 1 aromatic rings. The summed E-state index contributed by atoms with van der Waals surface area (Å²) in [6, 6.07) is 9.13. The Labute approximate surface area is 107 Å². The highest BCUT2D eigenvalue weighted by Crippen LogP contribution is 2.12. The molecule has 17 heavy (non-hydrogen) atoms. The number of amides is 1. The average molecular weight is 256 g/mol. The first-order valence-electron chi connectivity index (χ1n) is 5.79. The normalized spacial score (nSPS) is 12.1. The monoisotopic (exact) mass is 255 g/mol. The van der Waals surface area contributed by atoms with E-state index in [4.69, 9.17) is 11.6 Å². The number of alkyl halides is 1. The van der Waals surface area contributed by atoms with Gasteiger partial charge in [-0.1, -0.05) is 30.3 Å². The summed E-state index contributed by atoms with van der Waals surface area (Å²) in [5, 5.41) is 12.1. The van der Waals surface area contributed by atoms with Gasteiger partial charge in [0, 0.05) is 12.3 Å². The van der Waals surface area contributed by atoms with Crippen molar-refractivity contribution in [3.05, 3.63) is 35.9 Å². The molecular weight excluding hydrogens is 238 g/mol. The second-order valence-corrected chi connectivity index (χ2v) is 4.24. The standard InChI is InChI=1S/C13H18ClNO2/c14-9-5-4-8-13(17)15-12(10-16)11-6-2-1-3-7-11/h1-3,6-7,12,16H,4-5,8-10H2,(H,15,17). The van der Waals surface area contributed by atoms with Crippen LogP contribution < -0.4 is 5.32 Å². The van der Waals surface area contributed by atoms with Gasteiger partial charge in [-0.25, -0.2) is 0 Å². The molecule has 1 aromatic carbocycles. The summed E-state index contributed by atoms with van der Waals surface area (Å²) in [6.07, 6.45) is 2.07. The van der Waals surface area contributed by atoms with Gasteiger partial charge in [-0.3, -0.25) is 4.79 Å². The molecule has 0 aromatic heterocycles. The van der Waals surface area contributed by atoms with E-state index in [2.05, 4.69) is 5.32 Å². The van der Waals surface area contributed by atoms with Gasteiger partial charge in [-0.05, 0) is 18.4 Å². The van der Waals surface area contributed by atoms with E-state index in [1.165, 1.54) is 0 Å². The number of aliphatic hydroxyl groups excluding tert-OH is 1. The summed E-state index contributed by atoms with van der Waals surface area (Å²) in [4.78, 5) is 11.6. The molecule has 0 aliphatic rings. The third-order valence-corrected chi connectivity index (χ3v) is 2.77. The summed E-state index contributed by atoms with van der Waals surface area (Å²) < 4.78 is 0. The van der Waals surface area contributed by atoms with Crippen molar-refractivity contribution in [2.45, 2.75) is 25.3 Å². The van der Waals surface area contributed by atoms with Gasteiger partial charge in [0.1, 0.15) is 0 Å². The molecule has 0 saturated carbocycles. The molecule has 0 saturated heterocycles. The van der Waals surface area contributed by atoms with Crippen LogP contribution in [0.5, 0.6) is 0 Å². The molecule has 2 N–H and O–H groups in total. The number of carbonyl (C=O) groups is 1. The van der Waals surface area contributed by atoms with Crippen LogP contribution in [0.1, 0.15) is 30.9 Å². The van der Waals surface area contributed by atoms with Crippen LogP contribution >= 0.6 is 11.6 Å². The van der Waals surface area contributed by atoms with Gasteiger partial charge < -0.3 is 10.4 Å². The maximum Gasteiger partial charge on any atom is 0.220 e. The van der Waals surface area contributed by atoms with Gasteiger partial charge in [-0.15, -0.1) is 11.6 Å². The first-order chi connectivity index (χ1) is 8.27. The van der Waals surface area contributed by atoms with Gasteiger partial charge in [0.2, 0.25) is 5.91 Å². The molecule has 4 heteroatoms. The number of halogens is 1. The van der Waals surface area contributed by atoms with Crippen LogP contribution in [0.3, 0.4) is 0 Å². The molecule has 94 valence electrons. The van der Waals surface area contributed by atoms with Crippen LogP contribution in [0.4, 0.5) is 0 Å². The highest BCUT2D eigenvalue weighted by atomic mass is 35.5. The molecular formula is C13H18ClNO2. The maximum atomic E-state index is 11.6. The number of hydrogen-bond donors (Lipinski definition) is 2. The highest BCUT2D eigenvalue weighted by Gasteiger charge is 2.12. The SMILES string of the molecule is O=C(CCCCCl)NC(CO)c1ccccc1. The number of nitrogens with one attached hydrogen (secondary N) is 1. The van der Waals surface area contributed by atoms with Gasteiger partial charge in [0.25, 0.3) is 0 Å². The van der Waals surface area contributed by atoms with E-state index >= 15 is 0 Å². The third-order valence-electron chi connectivity index (χ3n) is 2.51. The van der Waals surface area contributed by atoms with E-state index in [0.29, 0.717) is 12.3 Å². The molecule has 0 fully saturated rings. The van der Waals surface area contributed by atoms with Crippen LogP contribution in [-0.4, -0.2) is 23.5 Å². The first-order valence-corrected chi connectivity index (χ1v) is 6.32. The van der Waals surface area contributed by atoms with Gasteiger partial charge in [0.05, 0.1) is 12.6 Å². The minimum Gasteiger partial charge on any atom is -0.394 e. The Kier molecular flexibility index (Phi) is 6.67. The van der Waals surface area contributed by atoms with Gasteiger partial charge in [-0.2, -0.15) is 0 Å². The molecule has 3 nitrogen and oxygen atoms in total. The summed E-state index contributed by atoms with van der Waals surface area (Å²) >= 11 is 5.54. The number of hydrogen-bond acceptors (Lipinski definition) is 2. The second kappa shape index (κ2) is 8.09. The highest BCUT2D eigenvalue weighted by molar-refractivity contribution is 6.17. The van der Waals surface area contributed by atoms with E-state index in [9.17, 15) is 9.90 Å². The van der Waals surface area contributed by atoms with Crippen molar-refractivity contribution >= 4 is 17.5 Å². The lowest BCUT2D eigenvalue weighted by Gasteiger charge is -2.16. The molecule has 0 aliphatic carbocycles. The zero-order valence-electron chi connectivity index (χ0n) is 9.73. The predicted octanol–water partition coefficient (Wildman–Crippen LogP) is 2.25. The molecule has 0 radical (unpaired) electrons. The van der Waals surface area contributed by atoms with E-state index in [-0.39, 0.29) is 18.6 Å². The van der Waals surface area contributed by atoms with E-state index < -0.39 is 0 Å². The quantitative estimate of drug-likeness (QED) is 0.580. The van der Waals surface area contributed by atoms with Crippen LogP contribution in [0, 0.1) is 0 Å². The number of aliphatic hydroxyl groups is 1. The lowest BCUT2D eigenvalue weighted by atomic mass is 10.1. The molecule has 1 atom stereocenters. The fourth-order valence-corrected chi connectivity index (χ4v) is 1.76. The number of carbonyl (C=O) groups excluding carboxylic acids is 1. The van der Waals surface area contributed by atoms with Crippen molar-refractivity contribution < 1.29 is 9.90 Å². The largest absolute Gasteiger partial charge is 0.394 e. The average Bonchev–Trinajstić information content (AvgIpc) is 2.37. The van der Waals surface area contributed by atoms with Crippen molar-refractivity contribution in [3.8, 4) is 0 Å². The van der Waals surface area contributed by atoms with Crippen molar-refractivity contribution in [1.82, 2.24) is 5.32 Å². The fraction of sp³-hybridized carbons (Fsp3) is 0.462. The summed E-state index contributed by atoms with van der Waals surface area (Å²) in [5.41, 5.74) is 0.917. The van der Waals surface area contributed by atoms with E-state index in [1.807, 2.05) is 30.3 Å². The second-order valence-electron chi connectivity index (χ2n) is 3.86.